The van der Waals surface area contributed by atoms with Crippen molar-refractivity contribution in [3.63, 3.8) is 0 Å². The third kappa shape index (κ3) is 1.45. The van der Waals surface area contributed by atoms with Crippen LogP contribution in [0.3, 0.4) is 0 Å². The molecule has 1 aliphatic heterocycles. The number of nitrogens with zero attached hydrogens (tertiary/aromatic N) is 1. The maximum absolute atomic E-state index is 12.9. The number of fused-ring (bicyclic) bond motifs is 1. The molecule has 1 saturated heterocycles. The van der Waals surface area contributed by atoms with E-state index >= 15 is 0 Å². The summed E-state index contributed by atoms with van der Waals surface area (Å²) >= 11 is 6.02. The minimum atomic E-state index is -0.0565. The van der Waals surface area contributed by atoms with Gasteiger partial charge >= 0.3 is 0 Å². The fourth-order valence-corrected chi connectivity index (χ4v) is 5.59. The molecule has 5 fully saturated rings. The summed E-state index contributed by atoms with van der Waals surface area (Å²) in [4.78, 5) is 27.2. The van der Waals surface area contributed by atoms with Gasteiger partial charge in [-0.2, -0.15) is 0 Å². The predicted molar refractivity (Wildman–Crippen MR) is 78.7 cm³/mol. The summed E-state index contributed by atoms with van der Waals surface area (Å²) in [5.41, 5.74) is 0.639. The van der Waals surface area contributed by atoms with Gasteiger partial charge in [-0.3, -0.25) is 9.59 Å². The van der Waals surface area contributed by atoms with Gasteiger partial charge in [-0.05, 0) is 61.1 Å². The van der Waals surface area contributed by atoms with E-state index in [0.717, 1.165) is 24.7 Å². The van der Waals surface area contributed by atoms with Crippen molar-refractivity contribution < 1.29 is 9.59 Å². The largest absolute Gasteiger partial charge is 0.274 e. The van der Waals surface area contributed by atoms with Gasteiger partial charge in [0, 0.05) is 5.02 Å². The molecule has 2 amide bonds. The number of imide groups is 1. The van der Waals surface area contributed by atoms with Gasteiger partial charge < -0.3 is 0 Å². The second-order valence-electron chi connectivity index (χ2n) is 7.01. The molecule has 1 aromatic carbocycles. The summed E-state index contributed by atoms with van der Waals surface area (Å²) in [6, 6.07) is 7.09. The number of anilines is 1. The topological polar surface area (TPSA) is 37.4 Å². The van der Waals surface area contributed by atoms with Crippen molar-refractivity contribution in [2.75, 3.05) is 4.90 Å². The van der Waals surface area contributed by atoms with Crippen LogP contribution >= 0.6 is 11.6 Å². The fourth-order valence-electron chi connectivity index (χ4n) is 5.41. The van der Waals surface area contributed by atoms with E-state index in [2.05, 4.69) is 0 Å². The Morgan fingerprint density at radius 1 is 0.952 bits per heavy atom. The molecule has 0 spiro atoms. The van der Waals surface area contributed by atoms with Crippen molar-refractivity contribution in [3.05, 3.63) is 29.3 Å². The van der Waals surface area contributed by atoms with Gasteiger partial charge in [-0.1, -0.05) is 17.7 Å². The molecule has 0 radical (unpaired) electrons. The van der Waals surface area contributed by atoms with Crippen molar-refractivity contribution in [1.82, 2.24) is 0 Å². The third-order valence-electron chi connectivity index (χ3n) is 6.21. The highest BCUT2D eigenvalue weighted by Crippen LogP contribution is 2.68. The molecule has 6 rings (SSSR count). The van der Waals surface area contributed by atoms with Crippen LogP contribution < -0.4 is 4.90 Å². The molecule has 4 aliphatic carbocycles. The zero-order valence-corrected chi connectivity index (χ0v) is 12.3. The van der Waals surface area contributed by atoms with Crippen LogP contribution in [0.1, 0.15) is 19.3 Å². The molecular formula is C17H16ClNO2. The lowest BCUT2D eigenvalue weighted by Gasteiger charge is -2.42. The molecular weight excluding hydrogens is 286 g/mol. The smallest absolute Gasteiger partial charge is 0.237 e. The van der Waals surface area contributed by atoms with Gasteiger partial charge in [0.1, 0.15) is 0 Å². The highest BCUT2D eigenvalue weighted by molar-refractivity contribution is 6.31. The standard InChI is InChI=1S/C17H16ClNO2/c18-8-2-1-3-9(6-8)19-16(20)14-10-4-5-11(13-7-12(10)13)15(14)17(19)21/h1-3,6,10-15H,4-5,7H2. The second kappa shape index (κ2) is 3.89. The summed E-state index contributed by atoms with van der Waals surface area (Å²) in [6.07, 6.45) is 3.52. The molecule has 0 N–H and O–H groups in total. The average molecular weight is 302 g/mol. The highest BCUT2D eigenvalue weighted by atomic mass is 35.5. The van der Waals surface area contributed by atoms with Crippen LogP contribution in [-0.2, 0) is 9.59 Å². The van der Waals surface area contributed by atoms with Crippen LogP contribution in [0.4, 0.5) is 5.69 Å². The molecule has 1 aromatic rings. The quantitative estimate of drug-likeness (QED) is 0.747. The number of benzene rings is 1. The summed E-state index contributed by atoms with van der Waals surface area (Å²) < 4.78 is 0. The average Bonchev–Trinajstić information content (AvgIpc) is 3.24. The Morgan fingerprint density at radius 3 is 2.14 bits per heavy atom. The van der Waals surface area contributed by atoms with Crippen LogP contribution in [-0.4, -0.2) is 11.8 Å². The van der Waals surface area contributed by atoms with Crippen LogP contribution in [0.2, 0.25) is 5.02 Å². The first-order valence-corrected chi connectivity index (χ1v) is 8.18. The number of amides is 2. The second-order valence-corrected chi connectivity index (χ2v) is 7.45. The summed E-state index contributed by atoms with van der Waals surface area (Å²) in [7, 11) is 0. The lowest BCUT2D eigenvalue weighted by molar-refractivity contribution is -0.129. The number of rotatable bonds is 1. The first kappa shape index (κ1) is 12.2. The molecule has 1 heterocycles. The van der Waals surface area contributed by atoms with Crippen molar-refractivity contribution >= 4 is 29.1 Å². The van der Waals surface area contributed by atoms with E-state index in [1.165, 1.54) is 11.3 Å². The number of carbonyl (C=O) groups is 2. The predicted octanol–water partition coefficient (Wildman–Crippen LogP) is 3.12. The third-order valence-corrected chi connectivity index (χ3v) is 6.45. The van der Waals surface area contributed by atoms with Gasteiger partial charge in [-0.25, -0.2) is 4.90 Å². The Morgan fingerprint density at radius 2 is 1.57 bits per heavy atom. The summed E-state index contributed by atoms with van der Waals surface area (Å²) in [5, 5.41) is 0.564. The molecule has 5 aliphatic rings. The van der Waals surface area contributed by atoms with Gasteiger partial charge in [0.05, 0.1) is 17.5 Å². The summed E-state index contributed by atoms with van der Waals surface area (Å²) in [6.45, 7) is 0. The Kier molecular flexibility index (Phi) is 2.26. The molecule has 4 saturated carbocycles. The maximum atomic E-state index is 12.9. The van der Waals surface area contributed by atoms with Crippen LogP contribution in [0.15, 0.2) is 24.3 Å². The number of carbonyl (C=O) groups excluding carboxylic acids is 2. The fraction of sp³-hybridized carbons (Fsp3) is 0.529. The molecule has 3 nitrogen and oxygen atoms in total. The lowest BCUT2D eigenvalue weighted by Crippen LogP contribution is -2.43. The maximum Gasteiger partial charge on any atom is 0.237 e. The molecule has 6 atom stereocenters. The molecule has 4 heteroatoms. The monoisotopic (exact) mass is 301 g/mol. The Balaban J connectivity index is 1.58. The van der Waals surface area contributed by atoms with Crippen molar-refractivity contribution in [3.8, 4) is 0 Å². The van der Waals surface area contributed by atoms with E-state index in [-0.39, 0.29) is 23.7 Å². The summed E-state index contributed by atoms with van der Waals surface area (Å²) in [5.74, 6) is 2.27. The minimum absolute atomic E-state index is 0.0207. The molecule has 2 bridgehead atoms. The van der Waals surface area contributed by atoms with Crippen molar-refractivity contribution in [1.29, 1.82) is 0 Å². The normalized spacial score (nSPS) is 43.0. The zero-order valence-electron chi connectivity index (χ0n) is 11.5. The van der Waals surface area contributed by atoms with E-state index < -0.39 is 0 Å². The molecule has 108 valence electrons. The van der Waals surface area contributed by atoms with E-state index in [4.69, 9.17) is 11.6 Å². The van der Waals surface area contributed by atoms with Gasteiger partial charge in [-0.15, -0.1) is 0 Å². The van der Waals surface area contributed by atoms with E-state index in [1.807, 2.05) is 6.07 Å². The van der Waals surface area contributed by atoms with Crippen molar-refractivity contribution in [2.45, 2.75) is 19.3 Å². The van der Waals surface area contributed by atoms with E-state index in [9.17, 15) is 9.59 Å². The van der Waals surface area contributed by atoms with Crippen LogP contribution in [0.5, 0.6) is 0 Å². The van der Waals surface area contributed by atoms with Crippen LogP contribution in [0.25, 0.3) is 0 Å². The highest BCUT2D eigenvalue weighted by Gasteiger charge is 2.68. The Hall–Kier alpha value is -1.35. The van der Waals surface area contributed by atoms with E-state index in [0.29, 0.717) is 22.5 Å². The molecule has 0 aromatic heterocycles. The zero-order chi connectivity index (χ0) is 14.3. The minimum Gasteiger partial charge on any atom is -0.274 e. The Labute approximate surface area is 128 Å². The lowest BCUT2D eigenvalue weighted by atomic mass is 9.59. The number of halogens is 1. The number of hydrogen-bond acceptors (Lipinski definition) is 2. The first-order chi connectivity index (χ1) is 10.2. The van der Waals surface area contributed by atoms with Gasteiger partial charge in [0.25, 0.3) is 0 Å². The first-order valence-electron chi connectivity index (χ1n) is 7.80. The Bertz CT molecular complexity index is 639. The SMILES string of the molecule is O=C1C2C3CCC(C4CC43)C2C(=O)N1c1cccc(Cl)c1. The van der Waals surface area contributed by atoms with Gasteiger partial charge in [0.15, 0.2) is 0 Å². The van der Waals surface area contributed by atoms with Crippen molar-refractivity contribution in [2.24, 2.45) is 35.5 Å². The van der Waals surface area contributed by atoms with Crippen LogP contribution in [0, 0.1) is 35.5 Å². The molecule has 6 unspecified atom stereocenters. The van der Waals surface area contributed by atoms with E-state index in [1.54, 1.807) is 18.2 Å². The van der Waals surface area contributed by atoms with Gasteiger partial charge in [0.2, 0.25) is 11.8 Å². The number of hydrogen-bond donors (Lipinski definition) is 0. The molecule has 21 heavy (non-hydrogen) atoms.